The van der Waals surface area contributed by atoms with Crippen LogP contribution in [0.1, 0.15) is 110 Å². The lowest BCUT2D eigenvalue weighted by Gasteiger charge is -2.48. The molecule has 0 unspecified atom stereocenters. The molecule has 0 N–H and O–H groups in total. The number of rotatable bonds is 10. The number of benzene rings is 1. The van der Waals surface area contributed by atoms with Crippen LogP contribution in [-0.4, -0.2) is 25.5 Å². The van der Waals surface area contributed by atoms with Gasteiger partial charge in [-0.05, 0) is 86.3 Å². The fourth-order valence-electron chi connectivity index (χ4n) is 5.56. The molecule has 2 aliphatic rings. The van der Waals surface area contributed by atoms with E-state index in [0.717, 1.165) is 48.0 Å². The first-order valence-corrected chi connectivity index (χ1v) is 17.9. The number of fused-ring (bicyclic) bond motifs is 3. The summed E-state index contributed by atoms with van der Waals surface area (Å²) < 4.78 is 13.9. The molecule has 36 heavy (non-hydrogen) atoms. The Morgan fingerprint density at radius 1 is 1.11 bits per heavy atom. The van der Waals surface area contributed by atoms with Crippen LogP contribution in [0.3, 0.4) is 0 Å². The minimum Gasteiger partial charge on any atom is -0.543 e. The smallest absolute Gasteiger partial charge is 0.250 e. The van der Waals surface area contributed by atoms with Gasteiger partial charge >= 0.3 is 0 Å². The first-order chi connectivity index (χ1) is 16.6. The standard InChI is InChI=1S/C31H49BrO3Si/c1-29(2,3)36(8,9)35-27-20-23(30(4,5)16-12-10-11-13-17-32)19-26-28(27)24-18-22(21-33)14-15-25(24)31(6,7)34-26/h14,19-21,24-25H,10-13,15-18H2,1-9H3/t24-,25+/m0/s1. The number of hydrogen-bond donors (Lipinski definition) is 0. The lowest BCUT2D eigenvalue weighted by atomic mass is 9.66. The summed E-state index contributed by atoms with van der Waals surface area (Å²) in [6, 6.07) is 4.62. The highest BCUT2D eigenvalue weighted by atomic mass is 79.9. The van der Waals surface area contributed by atoms with Gasteiger partial charge in [0, 0.05) is 22.7 Å². The number of allylic oxidation sites excluding steroid dienone is 2. The van der Waals surface area contributed by atoms with Gasteiger partial charge in [-0.25, -0.2) is 0 Å². The highest BCUT2D eigenvalue weighted by molar-refractivity contribution is 9.09. The van der Waals surface area contributed by atoms with E-state index in [1.807, 2.05) is 0 Å². The quantitative estimate of drug-likeness (QED) is 0.120. The Labute approximate surface area is 230 Å². The summed E-state index contributed by atoms with van der Waals surface area (Å²) in [6.45, 7) is 20.7. The van der Waals surface area contributed by atoms with Crippen LogP contribution in [0.15, 0.2) is 23.8 Å². The van der Waals surface area contributed by atoms with Gasteiger partial charge in [-0.15, -0.1) is 0 Å². The molecule has 0 spiro atoms. The number of unbranched alkanes of at least 4 members (excludes halogenated alkanes) is 3. The van der Waals surface area contributed by atoms with Crippen LogP contribution in [0.5, 0.6) is 11.5 Å². The maximum absolute atomic E-state index is 11.8. The molecule has 202 valence electrons. The molecule has 1 heterocycles. The van der Waals surface area contributed by atoms with Crippen LogP contribution in [0.2, 0.25) is 18.1 Å². The molecule has 0 aromatic heterocycles. The number of carbonyl (C=O) groups excluding carboxylic acids is 1. The summed E-state index contributed by atoms with van der Waals surface area (Å²) in [5.74, 6) is 2.52. The van der Waals surface area contributed by atoms with Crippen molar-refractivity contribution in [3.05, 3.63) is 34.9 Å². The van der Waals surface area contributed by atoms with E-state index in [9.17, 15) is 4.79 Å². The monoisotopic (exact) mass is 576 g/mol. The first-order valence-electron chi connectivity index (χ1n) is 13.9. The van der Waals surface area contributed by atoms with Crippen molar-refractivity contribution in [2.24, 2.45) is 5.92 Å². The number of aldehydes is 1. The fraction of sp³-hybridized carbons (Fsp3) is 0.710. The van der Waals surface area contributed by atoms with E-state index in [4.69, 9.17) is 9.16 Å². The van der Waals surface area contributed by atoms with Crippen molar-refractivity contribution in [3.8, 4) is 11.5 Å². The maximum Gasteiger partial charge on any atom is 0.250 e. The van der Waals surface area contributed by atoms with Gasteiger partial charge in [-0.1, -0.05) is 75.9 Å². The molecule has 0 saturated carbocycles. The SMILES string of the molecule is CC(C)(CCCCCCBr)c1cc2c(c(O[Si](C)(C)C(C)(C)C)c1)[C@H]1CC(C=O)=CC[C@H]1C(C)(C)O2. The van der Waals surface area contributed by atoms with Crippen LogP contribution >= 0.6 is 15.9 Å². The molecule has 3 rings (SSSR count). The van der Waals surface area contributed by atoms with Gasteiger partial charge in [-0.3, -0.25) is 4.79 Å². The zero-order valence-electron chi connectivity index (χ0n) is 24.2. The number of alkyl halides is 1. The third kappa shape index (κ3) is 6.31. The molecule has 1 aliphatic carbocycles. The van der Waals surface area contributed by atoms with E-state index in [1.54, 1.807) is 0 Å². The van der Waals surface area contributed by atoms with E-state index in [1.165, 1.54) is 36.8 Å². The van der Waals surface area contributed by atoms with Crippen LogP contribution in [0, 0.1) is 5.92 Å². The van der Waals surface area contributed by atoms with Crippen molar-refractivity contribution in [3.63, 3.8) is 0 Å². The molecule has 0 radical (unpaired) electrons. The molecule has 0 bridgehead atoms. The van der Waals surface area contributed by atoms with Gasteiger partial charge in [0.1, 0.15) is 23.4 Å². The van der Waals surface area contributed by atoms with E-state index >= 15 is 0 Å². The molecule has 1 aromatic rings. The molecule has 1 aliphatic heterocycles. The van der Waals surface area contributed by atoms with Crippen LogP contribution in [0.4, 0.5) is 0 Å². The zero-order chi connectivity index (χ0) is 26.9. The molecule has 0 saturated heterocycles. The molecular weight excluding hydrogens is 528 g/mol. The minimum absolute atomic E-state index is 0.0275. The van der Waals surface area contributed by atoms with E-state index < -0.39 is 8.32 Å². The van der Waals surface area contributed by atoms with Crippen LogP contribution < -0.4 is 9.16 Å². The predicted molar refractivity (Wildman–Crippen MR) is 158 cm³/mol. The number of hydrogen-bond acceptors (Lipinski definition) is 3. The lowest BCUT2D eigenvalue weighted by molar-refractivity contribution is -0.105. The third-order valence-corrected chi connectivity index (χ3v) is 14.0. The lowest BCUT2D eigenvalue weighted by Crippen LogP contribution is -2.47. The number of halogens is 1. The maximum atomic E-state index is 11.8. The molecule has 2 atom stereocenters. The van der Waals surface area contributed by atoms with Crippen molar-refractivity contribution in [2.45, 2.75) is 128 Å². The summed E-state index contributed by atoms with van der Waals surface area (Å²) in [7, 11) is -2.09. The second-order valence-electron chi connectivity index (χ2n) is 13.7. The van der Waals surface area contributed by atoms with Crippen molar-refractivity contribution < 1.29 is 14.0 Å². The molecule has 5 heteroatoms. The van der Waals surface area contributed by atoms with Gasteiger partial charge in [0.2, 0.25) is 8.32 Å². The predicted octanol–water partition coefficient (Wildman–Crippen LogP) is 9.48. The van der Waals surface area contributed by atoms with Gasteiger partial charge in [0.25, 0.3) is 0 Å². The second-order valence-corrected chi connectivity index (χ2v) is 19.3. The van der Waals surface area contributed by atoms with Gasteiger partial charge < -0.3 is 9.16 Å². The average Bonchev–Trinajstić information content (AvgIpc) is 2.76. The molecule has 0 fully saturated rings. The summed E-state index contributed by atoms with van der Waals surface area (Å²) >= 11 is 3.55. The summed E-state index contributed by atoms with van der Waals surface area (Å²) in [5.41, 5.74) is 3.13. The second kappa shape index (κ2) is 11.0. The molecule has 1 aromatic carbocycles. The molecular formula is C31H49BrO3Si. The fourth-order valence-corrected chi connectivity index (χ4v) is 6.98. The van der Waals surface area contributed by atoms with Crippen molar-refractivity contribution in [2.75, 3.05) is 5.33 Å². The average molecular weight is 578 g/mol. The van der Waals surface area contributed by atoms with Crippen molar-refractivity contribution in [1.29, 1.82) is 0 Å². The normalized spacial score (nSPS) is 21.7. The Balaban J connectivity index is 2.09. The van der Waals surface area contributed by atoms with Gasteiger partial charge in [-0.2, -0.15) is 0 Å². The number of ether oxygens (including phenoxy) is 1. The van der Waals surface area contributed by atoms with Gasteiger partial charge in [0.05, 0.1) is 0 Å². The molecule has 0 amide bonds. The Kier molecular flexibility index (Phi) is 8.98. The number of carbonyl (C=O) groups is 1. The molecule has 3 nitrogen and oxygen atoms in total. The highest BCUT2D eigenvalue weighted by Gasteiger charge is 2.48. The van der Waals surface area contributed by atoms with Crippen molar-refractivity contribution in [1.82, 2.24) is 0 Å². The van der Waals surface area contributed by atoms with E-state index in [-0.39, 0.29) is 22.0 Å². The zero-order valence-corrected chi connectivity index (χ0v) is 26.8. The third-order valence-electron chi connectivity index (χ3n) is 9.11. The van der Waals surface area contributed by atoms with Crippen LogP contribution in [-0.2, 0) is 10.2 Å². The Morgan fingerprint density at radius 3 is 2.39 bits per heavy atom. The van der Waals surface area contributed by atoms with Crippen LogP contribution in [0.25, 0.3) is 0 Å². The Bertz CT molecular complexity index is 971. The first kappa shape index (κ1) is 29.5. The van der Waals surface area contributed by atoms with E-state index in [0.29, 0.717) is 5.92 Å². The topological polar surface area (TPSA) is 35.5 Å². The van der Waals surface area contributed by atoms with Gasteiger partial charge in [0.15, 0.2) is 0 Å². The minimum atomic E-state index is -2.09. The summed E-state index contributed by atoms with van der Waals surface area (Å²) in [4.78, 5) is 11.8. The Morgan fingerprint density at radius 2 is 1.78 bits per heavy atom. The summed E-state index contributed by atoms with van der Waals surface area (Å²) in [5, 5.41) is 1.18. The summed E-state index contributed by atoms with van der Waals surface area (Å²) in [6.07, 6.45) is 10.9. The van der Waals surface area contributed by atoms with Crippen molar-refractivity contribution >= 4 is 30.5 Å². The Hall–Kier alpha value is -1.07. The largest absolute Gasteiger partial charge is 0.543 e. The van der Waals surface area contributed by atoms with E-state index in [2.05, 4.69) is 95.7 Å². The highest BCUT2D eigenvalue weighted by Crippen LogP contribution is 2.56.